The number of carbonyl (C=O) groups is 1. The molecule has 2 amide bonds. The van der Waals surface area contributed by atoms with Crippen molar-refractivity contribution in [2.45, 2.75) is 25.8 Å². The largest absolute Gasteiger partial charge is 0.492 e. The van der Waals surface area contributed by atoms with Gasteiger partial charge in [0.2, 0.25) is 0 Å². The predicted molar refractivity (Wildman–Crippen MR) is 81.8 cm³/mol. The van der Waals surface area contributed by atoms with Crippen LogP contribution in [0.15, 0.2) is 18.2 Å². The van der Waals surface area contributed by atoms with Crippen LogP contribution in [0.5, 0.6) is 5.75 Å². The third-order valence-corrected chi connectivity index (χ3v) is 3.89. The van der Waals surface area contributed by atoms with Crippen LogP contribution in [0.2, 0.25) is 5.02 Å². The summed E-state index contributed by atoms with van der Waals surface area (Å²) in [5.74, 6) is 0.659. The first-order valence-corrected chi connectivity index (χ1v) is 7.62. The van der Waals surface area contributed by atoms with Crippen molar-refractivity contribution in [2.75, 3.05) is 26.3 Å². The number of aliphatic hydroxyl groups is 1. The second kappa shape index (κ2) is 7.52. The lowest BCUT2D eigenvalue weighted by Crippen LogP contribution is -2.42. The van der Waals surface area contributed by atoms with Crippen LogP contribution in [0.1, 0.15) is 31.4 Å². The van der Waals surface area contributed by atoms with Gasteiger partial charge in [-0.2, -0.15) is 0 Å². The number of aliphatic hydroxyl groups excluding tert-OH is 1. The Labute approximate surface area is 129 Å². The highest BCUT2D eigenvalue weighted by atomic mass is 35.5. The van der Waals surface area contributed by atoms with E-state index in [2.05, 4.69) is 5.32 Å². The van der Waals surface area contributed by atoms with E-state index < -0.39 is 0 Å². The first kappa shape index (κ1) is 15.9. The summed E-state index contributed by atoms with van der Waals surface area (Å²) >= 11 is 6.17. The van der Waals surface area contributed by atoms with Crippen molar-refractivity contribution in [3.8, 4) is 5.75 Å². The molecule has 1 aliphatic heterocycles. The van der Waals surface area contributed by atoms with E-state index in [1.54, 1.807) is 11.0 Å². The summed E-state index contributed by atoms with van der Waals surface area (Å²) < 4.78 is 5.69. The zero-order valence-electron chi connectivity index (χ0n) is 12.1. The molecule has 0 saturated heterocycles. The van der Waals surface area contributed by atoms with Crippen LogP contribution in [0.4, 0.5) is 4.79 Å². The number of halogens is 1. The molecule has 1 unspecified atom stereocenters. The molecule has 0 aliphatic carbocycles. The fraction of sp³-hybridized carbons (Fsp3) is 0.533. The minimum absolute atomic E-state index is 0.0442. The summed E-state index contributed by atoms with van der Waals surface area (Å²) in [6, 6.07) is 5.28. The number of fused-ring (bicyclic) bond motifs is 1. The Morgan fingerprint density at radius 2 is 2.38 bits per heavy atom. The molecule has 6 heteroatoms. The van der Waals surface area contributed by atoms with Gasteiger partial charge in [-0.1, -0.05) is 23.7 Å². The van der Waals surface area contributed by atoms with Crippen molar-refractivity contribution in [3.63, 3.8) is 0 Å². The fourth-order valence-corrected chi connectivity index (χ4v) is 2.72. The summed E-state index contributed by atoms with van der Waals surface area (Å²) in [6.45, 7) is 3.32. The summed E-state index contributed by atoms with van der Waals surface area (Å²) in [4.78, 5) is 13.8. The number of hydrogen-bond donors (Lipinski definition) is 2. The van der Waals surface area contributed by atoms with Crippen LogP contribution in [-0.2, 0) is 0 Å². The van der Waals surface area contributed by atoms with Gasteiger partial charge in [-0.3, -0.25) is 0 Å². The van der Waals surface area contributed by atoms with Gasteiger partial charge in [-0.25, -0.2) is 4.79 Å². The van der Waals surface area contributed by atoms with Crippen LogP contribution < -0.4 is 10.1 Å². The third-order valence-electron chi connectivity index (χ3n) is 3.59. The molecule has 0 fully saturated rings. The number of amides is 2. The average molecular weight is 313 g/mol. The molecule has 1 aromatic rings. The molecule has 2 N–H and O–H groups in total. The van der Waals surface area contributed by atoms with Crippen LogP contribution >= 0.6 is 11.6 Å². The van der Waals surface area contributed by atoms with E-state index in [1.807, 2.05) is 19.1 Å². The highest BCUT2D eigenvalue weighted by molar-refractivity contribution is 6.32. The standard InChI is InChI=1S/C15H21ClN2O3/c1-2-18(8-9-19)15(20)17-13-7-4-10-21-14-11(13)5-3-6-12(14)16/h3,5-6,13,19H,2,4,7-10H2,1H3,(H,17,20). The fourth-order valence-electron chi connectivity index (χ4n) is 2.48. The lowest BCUT2D eigenvalue weighted by molar-refractivity contribution is 0.176. The number of urea groups is 1. The topological polar surface area (TPSA) is 61.8 Å². The number of nitrogens with one attached hydrogen (secondary N) is 1. The second-order valence-electron chi connectivity index (χ2n) is 4.95. The Hall–Kier alpha value is -1.46. The van der Waals surface area contributed by atoms with Crippen molar-refractivity contribution in [1.29, 1.82) is 0 Å². The Bertz CT molecular complexity index is 496. The molecule has 1 atom stereocenters. The van der Waals surface area contributed by atoms with Gasteiger partial charge in [0.1, 0.15) is 5.75 Å². The maximum absolute atomic E-state index is 12.3. The molecule has 1 aromatic carbocycles. The van der Waals surface area contributed by atoms with Crippen molar-refractivity contribution >= 4 is 17.6 Å². The monoisotopic (exact) mass is 312 g/mol. The molecule has 0 spiro atoms. The molecule has 0 radical (unpaired) electrons. The highest BCUT2D eigenvalue weighted by Crippen LogP contribution is 2.36. The van der Waals surface area contributed by atoms with Crippen molar-refractivity contribution in [2.24, 2.45) is 0 Å². The Balaban J connectivity index is 2.17. The number of ether oxygens (including phenoxy) is 1. The molecule has 5 nitrogen and oxygen atoms in total. The van der Waals surface area contributed by atoms with Gasteiger partial charge in [0, 0.05) is 18.7 Å². The lowest BCUT2D eigenvalue weighted by atomic mass is 10.0. The lowest BCUT2D eigenvalue weighted by Gasteiger charge is -2.25. The van der Waals surface area contributed by atoms with Gasteiger partial charge in [0.25, 0.3) is 0 Å². The van der Waals surface area contributed by atoms with Crippen LogP contribution in [0.3, 0.4) is 0 Å². The van der Waals surface area contributed by atoms with E-state index in [1.165, 1.54) is 0 Å². The number of nitrogens with zero attached hydrogens (tertiary/aromatic N) is 1. The van der Waals surface area contributed by atoms with E-state index in [-0.39, 0.29) is 18.7 Å². The smallest absolute Gasteiger partial charge is 0.317 e. The second-order valence-corrected chi connectivity index (χ2v) is 5.36. The molecule has 0 aromatic heterocycles. The molecule has 0 bridgehead atoms. The van der Waals surface area contributed by atoms with Gasteiger partial charge in [-0.05, 0) is 25.8 Å². The molecular formula is C15H21ClN2O3. The number of para-hydroxylation sites is 1. The Morgan fingerprint density at radius 1 is 1.57 bits per heavy atom. The van der Waals surface area contributed by atoms with E-state index in [0.29, 0.717) is 30.5 Å². The van der Waals surface area contributed by atoms with Crippen LogP contribution in [-0.4, -0.2) is 42.3 Å². The number of carbonyl (C=O) groups excluding carboxylic acids is 1. The first-order chi connectivity index (χ1) is 10.2. The van der Waals surface area contributed by atoms with Crippen molar-refractivity contribution < 1.29 is 14.6 Å². The van der Waals surface area contributed by atoms with Gasteiger partial charge in [0.15, 0.2) is 0 Å². The molecular weight excluding hydrogens is 292 g/mol. The highest BCUT2D eigenvalue weighted by Gasteiger charge is 2.24. The van der Waals surface area contributed by atoms with Crippen LogP contribution in [0, 0.1) is 0 Å². The SMILES string of the molecule is CCN(CCO)C(=O)NC1CCCOc2c(Cl)cccc21. The van der Waals surface area contributed by atoms with Gasteiger partial charge >= 0.3 is 6.03 Å². The molecule has 1 heterocycles. The molecule has 116 valence electrons. The summed E-state index contributed by atoms with van der Waals surface area (Å²) in [5.41, 5.74) is 0.911. The minimum atomic E-state index is -0.177. The maximum atomic E-state index is 12.3. The first-order valence-electron chi connectivity index (χ1n) is 7.24. The Kier molecular flexibility index (Phi) is 5.70. The predicted octanol–water partition coefficient (Wildman–Crippen LogP) is 2.58. The van der Waals surface area contributed by atoms with E-state index >= 15 is 0 Å². The number of rotatable bonds is 4. The number of benzene rings is 1. The van der Waals surface area contributed by atoms with Crippen molar-refractivity contribution in [1.82, 2.24) is 10.2 Å². The average Bonchev–Trinajstić information content (AvgIpc) is 2.68. The molecule has 1 aliphatic rings. The summed E-state index contributed by atoms with van der Waals surface area (Å²) in [6.07, 6.45) is 1.65. The molecule has 21 heavy (non-hydrogen) atoms. The van der Waals surface area contributed by atoms with Gasteiger partial charge in [-0.15, -0.1) is 0 Å². The van der Waals surface area contributed by atoms with Crippen LogP contribution in [0.25, 0.3) is 0 Å². The summed E-state index contributed by atoms with van der Waals surface area (Å²) in [5, 5.41) is 12.6. The molecule has 2 rings (SSSR count). The zero-order valence-corrected chi connectivity index (χ0v) is 12.9. The van der Waals surface area contributed by atoms with Crippen molar-refractivity contribution in [3.05, 3.63) is 28.8 Å². The minimum Gasteiger partial charge on any atom is -0.492 e. The van der Waals surface area contributed by atoms with E-state index in [0.717, 1.165) is 18.4 Å². The van der Waals surface area contributed by atoms with Gasteiger partial charge < -0.3 is 20.1 Å². The van der Waals surface area contributed by atoms with Gasteiger partial charge in [0.05, 0.1) is 24.3 Å². The Morgan fingerprint density at radius 3 is 3.10 bits per heavy atom. The molecule has 0 saturated carbocycles. The normalized spacial score (nSPS) is 17.4. The quantitative estimate of drug-likeness (QED) is 0.898. The van der Waals surface area contributed by atoms with E-state index in [9.17, 15) is 4.79 Å². The van der Waals surface area contributed by atoms with E-state index in [4.69, 9.17) is 21.4 Å². The maximum Gasteiger partial charge on any atom is 0.317 e. The number of likely N-dealkylation sites (N-methyl/N-ethyl adjacent to an activating group) is 1. The number of hydrogen-bond acceptors (Lipinski definition) is 3. The zero-order chi connectivity index (χ0) is 15.2. The summed E-state index contributed by atoms with van der Waals surface area (Å²) in [7, 11) is 0. The third kappa shape index (κ3) is 3.80.